The molecule has 0 atom stereocenters. The van der Waals surface area contributed by atoms with Crippen molar-refractivity contribution in [1.29, 1.82) is 0 Å². The van der Waals surface area contributed by atoms with Gasteiger partial charge >= 0.3 is 0 Å². The van der Waals surface area contributed by atoms with Crippen molar-refractivity contribution in [3.8, 4) is 44.5 Å². The highest BCUT2D eigenvalue weighted by Crippen LogP contribution is 2.47. The van der Waals surface area contributed by atoms with Gasteiger partial charge in [-0.2, -0.15) is 0 Å². The van der Waals surface area contributed by atoms with Crippen LogP contribution in [0.5, 0.6) is 0 Å². The zero-order valence-corrected chi connectivity index (χ0v) is 33.9. The number of anilines is 3. The first-order valence-electron chi connectivity index (χ1n) is 21.2. The minimum atomic E-state index is 0.876. The van der Waals surface area contributed by atoms with Crippen molar-refractivity contribution in [1.82, 2.24) is 0 Å². The lowest BCUT2D eigenvalue weighted by Gasteiger charge is -2.27. The van der Waals surface area contributed by atoms with Gasteiger partial charge in [-0.15, -0.1) is 0 Å². The summed E-state index contributed by atoms with van der Waals surface area (Å²) in [5.41, 5.74) is 14.6. The van der Waals surface area contributed by atoms with Gasteiger partial charge in [0.15, 0.2) is 0 Å². The van der Waals surface area contributed by atoms with Gasteiger partial charge in [0.05, 0.1) is 0 Å². The van der Waals surface area contributed by atoms with Gasteiger partial charge in [0.1, 0.15) is 11.2 Å². The molecule has 290 valence electrons. The average Bonchev–Trinajstić information content (AvgIpc) is 3.72. The molecule has 0 aliphatic carbocycles. The van der Waals surface area contributed by atoms with Crippen LogP contribution in [0, 0.1) is 0 Å². The summed E-state index contributed by atoms with van der Waals surface area (Å²) in [6, 6.07) is 85.6. The molecular weight excluding hydrogens is 751 g/mol. The van der Waals surface area contributed by atoms with E-state index < -0.39 is 0 Å². The predicted octanol–water partition coefficient (Wildman–Crippen LogP) is 17.2. The molecule has 0 unspecified atom stereocenters. The Kier molecular flexibility index (Phi) is 8.53. The maximum absolute atomic E-state index is 6.32. The van der Waals surface area contributed by atoms with Crippen LogP contribution in [0.1, 0.15) is 0 Å². The van der Waals surface area contributed by atoms with Crippen LogP contribution >= 0.6 is 0 Å². The van der Waals surface area contributed by atoms with Gasteiger partial charge in [-0.05, 0) is 131 Å². The van der Waals surface area contributed by atoms with Gasteiger partial charge < -0.3 is 9.32 Å². The number of fused-ring (bicyclic) bond motifs is 7. The third-order valence-electron chi connectivity index (χ3n) is 12.4. The van der Waals surface area contributed by atoms with Crippen LogP contribution < -0.4 is 4.90 Å². The van der Waals surface area contributed by atoms with Crippen LogP contribution in [0.3, 0.4) is 0 Å². The van der Waals surface area contributed by atoms with Crippen LogP contribution in [0.15, 0.2) is 241 Å². The van der Waals surface area contributed by atoms with E-state index in [-0.39, 0.29) is 0 Å². The van der Waals surface area contributed by atoms with E-state index in [0.29, 0.717) is 0 Å². The number of furan rings is 1. The van der Waals surface area contributed by atoms with E-state index in [0.717, 1.165) is 39.0 Å². The summed E-state index contributed by atoms with van der Waals surface area (Å²) in [6.07, 6.45) is 0. The second-order valence-electron chi connectivity index (χ2n) is 16.1. The van der Waals surface area contributed by atoms with E-state index in [4.69, 9.17) is 4.42 Å². The van der Waals surface area contributed by atoms with Crippen molar-refractivity contribution >= 4 is 71.3 Å². The topological polar surface area (TPSA) is 16.4 Å². The van der Waals surface area contributed by atoms with Crippen LogP contribution in [-0.2, 0) is 0 Å². The molecule has 0 radical (unpaired) electrons. The third kappa shape index (κ3) is 6.12. The SMILES string of the molecule is c1ccc(-c2c(-c3ccccc3)c3cc(N(c4ccc(-c5ccc(-c6ccc7ccccc7c6)cc5)cc4)c4ccc5oc6ccccc6c5c4)ccc3c3ccccc23)cc1. The summed E-state index contributed by atoms with van der Waals surface area (Å²) < 4.78 is 6.32. The largest absolute Gasteiger partial charge is 0.456 e. The molecule has 0 aliphatic heterocycles. The van der Waals surface area contributed by atoms with E-state index in [1.165, 1.54) is 76.8 Å². The molecular formula is C60H39NO. The second kappa shape index (κ2) is 14.8. The Morgan fingerprint density at radius 3 is 1.42 bits per heavy atom. The predicted molar refractivity (Wildman–Crippen MR) is 263 cm³/mol. The van der Waals surface area contributed by atoms with E-state index >= 15 is 0 Å². The zero-order chi connectivity index (χ0) is 41.0. The van der Waals surface area contributed by atoms with Crippen LogP contribution in [0.4, 0.5) is 17.1 Å². The summed E-state index contributed by atoms with van der Waals surface area (Å²) in [7, 11) is 0. The molecule has 62 heavy (non-hydrogen) atoms. The summed E-state index contributed by atoms with van der Waals surface area (Å²) in [6.45, 7) is 0. The second-order valence-corrected chi connectivity index (χ2v) is 16.1. The van der Waals surface area contributed by atoms with Crippen LogP contribution in [0.25, 0.3) is 98.8 Å². The van der Waals surface area contributed by atoms with Crippen LogP contribution in [0.2, 0.25) is 0 Å². The highest BCUT2D eigenvalue weighted by atomic mass is 16.3. The average molecular weight is 790 g/mol. The minimum Gasteiger partial charge on any atom is -0.456 e. The highest BCUT2D eigenvalue weighted by molar-refractivity contribution is 6.22. The summed E-state index contributed by atoms with van der Waals surface area (Å²) in [4.78, 5) is 2.39. The molecule has 2 nitrogen and oxygen atoms in total. The quantitative estimate of drug-likeness (QED) is 0.150. The Hall–Kier alpha value is -8.20. The minimum absolute atomic E-state index is 0.876. The molecule has 0 bridgehead atoms. The molecule has 11 aromatic carbocycles. The van der Waals surface area contributed by atoms with Gasteiger partial charge in [-0.3, -0.25) is 0 Å². The summed E-state index contributed by atoms with van der Waals surface area (Å²) >= 11 is 0. The first-order valence-corrected chi connectivity index (χ1v) is 21.2. The molecule has 0 N–H and O–H groups in total. The van der Waals surface area contributed by atoms with E-state index in [1.807, 2.05) is 12.1 Å². The molecule has 0 spiro atoms. The Morgan fingerprint density at radius 1 is 0.242 bits per heavy atom. The van der Waals surface area contributed by atoms with Gasteiger partial charge in [0.25, 0.3) is 0 Å². The standard InChI is InChI=1S/C60H39NO/c1-3-14-44(15-4-1)59-54-21-10-9-19-51(54)52-35-33-49(39-56(52)60(59)45-16-5-2-6-17-45)61(50-34-36-58-55(38-50)53-20-11-12-22-57(53)62-58)48-31-29-42(30-32-48)41-23-25-43(26-24-41)47-28-27-40-13-7-8-18-46(40)37-47/h1-39H. The Morgan fingerprint density at radius 2 is 0.710 bits per heavy atom. The number of benzene rings is 11. The van der Waals surface area contributed by atoms with Crippen molar-refractivity contribution in [2.24, 2.45) is 0 Å². The Bertz CT molecular complexity index is 3610. The monoisotopic (exact) mass is 789 g/mol. The fourth-order valence-electron chi connectivity index (χ4n) is 9.45. The maximum atomic E-state index is 6.32. The van der Waals surface area contributed by atoms with Crippen molar-refractivity contribution in [2.45, 2.75) is 0 Å². The molecule has 1 aromatic heterocycles. The molecule has 0 aliphatic rings. The molecule has 2 heteroatoms. The summed E-state index contributed by atoms with van der Waals surface area (Å²) in [5.74, 6) is 0. The molecule has 12 rings (SSSR count). The lowest BCUT2D eigenvalue weighted by atomic mass is 9.85. The lowest BCUT2D eigenvalue weighted by Crippen LogP contribution is -2.10. The van der Waals surface area contributed by atoms with Crippen LogP contribution in [-0.4, -0.2) is 0 Å². The molecule has 0 fully saturated rings. The van der Waals surface area contributed by atoms with E-state index in [9.17, 15) is 0 Å². The summed E-state index contributed by atoms with van der Waals surface area (Å²) in [5, 5.41) is 9.61. The molecule has 0 saturated carbocycles. The number of nitrogens with zero attached hydrogens (tertiary/aromatic N) is 1. The number of hydrogen-bond donors (Lipinski definition) is 0. The normalized spacial score (nSPS) is 11.5. The fourth-order valence-corrected chi connectivity index (χ4v) is 9.45. The van der Waals surface area contributed by atoms with E-state index in [2.05, 4.69) is 229 Å². The Labute approximate surface area is 360 Å². The fraction of sp³-hybridized carbons (Fsp3) is 0. The Balaban J connectivity index is 1.03. The van der Waals surface area contributed by atoms with Gasteiger partial charge in [-0.1, -0.05) is 182 Å². The van der Waals surface area contributed by atoms with Crippen molar-refractivity contribution in [2.75, 3.05) is 4.90 Å². The van der Waals surface area contributed by atoms with E-state index in [1.54, 1.807) is 0 Å². The maximum Gasteiger partial charge on any atom is 0.135 e. The van der Waals surface area contributed by atoms with Crippen molar-refractivity contribution in [3.05, 3.63) is 237 Å². The van der Waals surface area contributed by atoms with Crippen molar-refractivity contribution < 1.29 is 4.42 Å². The molecule has 1 heterocycles. The molecule has 0 saturated heterocycles. The van der Waals surface area contributed by atoms with Gasteiger partial charge in [0.2, 0.25) is 0 Å². The van der Waals surface area contributed by atoms with Gasteiger partial charge in [-0.25, -0.2) is 0 Å². The first-order chi connectivity index (χ1) is 30.7. The highest BCUT2D eigenvalue weighted by Gasteiger charge is 2.21. The zero-order valence-electron chi connectivity index (χ0n) is 33.9. The third-order valence-corrected chi connectivity index (χ3v) is 12.4. The molecule has 12 aromatic rings. The van der Waals surface area contributed by atoms with Crippen molar-refractivity contribution in [3.63, 3.8) is 0 Å². The smallest absolute Gasteiger partial charge is 0.135 e. The lowest BCUT2D eigenvalue weighted by molar-refractivity contribution is 0.669. The number of para-hydroxylation sites is 1. The number of hydrogen-bond acceptors (Lipinski definition) is 2. The number of rotatable bonds is 7. The molecule has 0 amide bonds. The van der Waals surface area contributed by atoms with Gasteiger partial charge in [0, 0.05) is 27.8 Å². The first kappa shape index (κ1) is 35.7.